The van der Waals surface area contributed by atoms with E-state index in [1.54, 1.807) is 6.07 Å². The maximum Gasteiger partial charge on any atom is 0.172 e. The Kier molecular flexibility index (Phi) is 3.33. The van der Waals surface area contributed by atoms with Gasteiger partial charge in [-0.1, -0.05) is 32.9 Å². The number of nitrogens with one attached hydrogen (secondary N) is 1. The monoisotopic (exact) mass is 299 g/mol. The molecule has 0 aliphatic carbocycles. The first-order valence-electron chi connectivity index (χ1n) is 6.69. The van der Waals surface area contributed by atoms with E-state index in [4.69, 9.17) is 5.73 Å². The van der Waals surface area contributed by atoms with Gasteiger partial charge in [-0.05, 0) is 23.9 Å². The van der Waals surface area contributed by atoms with Crippen molar-refractivity contribution < 1.29 is 0 Å². The molecule has 3 rings (SSSR count). The number of imidazole rings is 1. The zero-order chi connectivity index (χ0) is 15.0. The molecule has 0 aliphatic rings. The number of fused-ring (bicyclic) bond motifs is 1. The Hall–Kier alpha value is -2.08. The average Bonchev–Trinajstić information content (AvgIpc) is 2.79. The van der Waals surface area contributed by atoms with Gasteiger partial charge in [0, 0.05) is 11.5 Å². The van der Waals surface area contributed by atoms with Gasteiger partial charge in [0.25, 0.3) is 0 Å². The van der Waals surface area contributed by atoms with E-state index in [0.29, 0.717) is 5.82 Å². The van der Waals surface area contributed by atoms with Crippen LogP contribution in [0.4, 0.5) is 5.82 Å². The van der Waals surface area contributed by atoms with Gasteiger partial charge in [-0.3, -0.25) is 0 Å². The Morgan fingerprint density at radius 3 is 2.57 bits per heavy atom. The van der Waals surface area contributed by atoms with Crippen molar-refractivity contribution in [3.05, 3.63) is 36.2 Å². The number of nitrogens with two attached hydrogens (primary N) is 1. The fourth-order valence-electron chi connectivity index (χ4n) is 1.91. The van der Waals surface area contributed by atoms with Crippen molar-refractivity contribution >= 4 is 28.6 Å². The Balaban J connectivity index is 1.95. The van der Waals surface area contributed by atoms with Crippen LogP contribution in [0.5, 0.6) is 0 Å². The van der Waals surface area contributed by atoms with Crippen LogP contribution in [-0.2, 0) is 5.41 Å². The van der Waals surface area contributed by atoms with E-state index >= 15 is 0 Å². The number of anilines is 1. The highest BCUT2D eigenvalue weighted by atomic mass is 32.2. The smallest absolute Gasteiger partial charge is 0.172 e. The number of hydrogen-bond donors (Lipinski definition) is 2. The molecule has 0 amide bonds. The van der Waals surface area contributed by atoms with E-state index in [1.165, 1.54) is 11.8 Å². The molecule has 0 atom stereocenters. The third kappa shape index (κ3) is 3.00. The lowest BCUT2D eigenvalue weighted by atomic mass is 9.96. The third-order valence-electron chi connectivity index (χ3n) is 2.96. The van der Waals surface area contributed by atoms with Crippen molar-refractivity contribution in [1.82, 2.24) is 19.9 Å². The van der Waals surface area contributed by atoms with Crippen LogP contribution in [0, 0.1) is 0 Å². The Labute approximate surface area is 127 Å². The van der Waals surface area contributed by atoms with Crippen molar-refractivity contribution in [3.63, 3.8) is 0 Å². The molecule has 0 spiro atoms. The molecule has 0 saturated carbocycles. The number of hydrogen-bond acceptors (Lipinski definition) is 5. The molecule has 21 heavy (non-hydrogen) atoms. The maximum atomic E-state index is 5.89. The first-order chi connectivity index (χ1) is 9.91. The Morgan fingerprint density at radius 1 is 1.10 bits per heavy atom. The minimum Gasteiger partial charge on any atom is -0.384 e. The molecule has 0 aliphatic heterocycles. The van der Waals surface area contributed by atoms with E-state index < -0.39 is 0 Å². The number of benzene rings is 1. The molecule has 0 radical (unpaired) electrons. The van der Waals surface area contributed by atoms with Crippen LogP contribution in [-0.4, -0.2) is 19.9 Å². The van der Waals surface area contributed by atoms with E-state index in [1.807, 2.05) is 24.3 Å². The number of nitrogen functional groups attached to an aromatic ring is 1. The normalized spacial score (nSPS) is 12.0. The molecular formula is C15H17N5S. The molecule has 0 bridgehead atoms. The van der Waals surface area contributed by atoms with Gasteiger partial charge in [-0.2, -0.15) is 0 Å². The van der Waals surface area contributed by atoms with Crippen LogP contribution in [0.25, 0.3) is 11.0 Å². The third-order valence-corrected chi connectivity index (χ3v) is 3.77. The van der Waals surface area contributed by atoms with Crippen molar-refractivity contribution in [2.24, 2.45) is 0 Å². The molecule has 108 valence electrons. The van der Waals surface area contributed by atoms with Crippen molar-refractivity contribution in [2.75, 3.05) is 5.73 Å². The molecule has 6 heteroatoms. The molecule has 1 aromatic carbocycles. The van der Waals surface area contributed by atoms with Crippen molar-refractivity contribution in [1.29, 1.82) is 0 Å². The minimum atomic E-state index is -0.140. The highest BCUT2D eigenvalue weighted by Crippen LogP contribution is 2.28. The number of para-hydroxylation sites is 2. The predicted octanol–water partition coefficient (Wildman–Crippen LogP) is 3.38. The van der Waals surface area contributed by atoms with Gasteiger partial charge in [-0.25, -0.2) is 15.0 Å². The molecule has 3 aromatic rings. The van der Waals surface area contributed by atoms with Crippen LogP contribution in [0.2, 0.25) is 0 Å². The molecular weight excluding hydrogens is 282 g/mol. The largest absolute Gasteiger partial charge is 0.384 e. The van der Waals surface area contributed by atoms with Gasteiger partial charge in [0.1, 0.15) is 16.7 Å². The number of rotatable bonds is 2. The summed E-state index contributed by atoms with van der Waals surface area (Å²) in [6.45, 7) is 6.20. The summed E-state index contributed by atoms with van der Waals surface area (Å²) in [4.78, 5) is 16.7. The zero-order valence-corrected chi connectivity index (χ0v) is 13.0. The highest BCUT2D eigenvalue weighted by Gasteiger charge is 2.19. The molecule has 0 fully saturated rings. The van der Waals surface area contributed by atoms with Gasteiger partial charge < -0.3 is 10.7 Å². The number of nitrogens with zero attached hydrogens (tertiary/aromatic N) is 3. The summed E-state index contributed by atoms with van der Waals surface area (Å²) in [5.74, 6) is 1.22. The molecule has 5 nitrogen and oxygen atoms in total. The lowest BCUT2D eigenvalue weighted by Gasteiger charge is -2.17. The van der Waals surface area contributed by atoms with E-state index in [2.05, 4.69) is 40.7 Å². The predicted molar refractivity (Wildman–Crippen MR) is 85.4 cm³/mol. The van der Waals surface area contributed by atoms with Gasteiger partial charge in [-0.15, -0.1) is 0 Å². The summed E-state index contributed by atoms with van der Waals surface area (Å²) in [5.41, 5.74) is 7.70. The number of aromatic amines is 1. The SMILES string of the molecule is CC(C)(C)c1nc(N)cc(Sc2nc3ccccc3[nH]2)n1. The average molecular weight is 299 g/mol. The number of H-pyrrole nitrogens is 1. The standard InChI is InChI=1S/C15H17N5S/c1-15(2,3)13-19-11(16)8-12(20-13)21-14-17-9-6-4-5-7-10(9)18-14/h4-8H,1-3H3,(H,17,18)(H2,16,19,20). The van der Waals surface area contributed by atoms with Crippen LogP contribution in [0.15, 0.2) is 40.5 Å². The fourth-order valence-corrected chi connectivity index (χ4v) is 2.72. The van der Waals surface area contributed by atoms with Gasteiger partial charge >= 0.3 is 0 Å². The van der Waals surface area contributed by atoms with Crippen LogP contribution in [0.3, 0.4) is 0 Å². The summed E-state index contributed by atoms with van der Waals surface area (Å²) < 4.78 is 0. The minimum absolute atomic E-state index is 0.140. The Bertz CT molecular complexity index is 755. The molecule has 0 unspecified atom stereocenters. The Morgan fingerprint density at radius 2 is 1.86 bits per heavy atom. The molecule has 0 saturated heterocycles. The first-order valence-corrected chi connectivity index (χ1v) is 7.51. The lowest BCUT2D eigenvalue weighted by molar-refractivity contribution is 0.539. The zero-order valence-electron chi connectivity index (χ0n) is 12.2. The molecule has 2 aromatic heterocycles. The fraction of sp³-hybridized carbons (Fsp3) is 0.267. The van der Waals surface area contributed by atoms with E-state index in [-0.39, 0.29) is 5.41 Å². The highest BCUT2D eigenvalue weighted by molar-refractivity contribution is 7.99. The first kappa shape index (κ1) is 13.9. The number of aromatic nitrogens is 4. The second-order valence-corrected chi connectivity index (χ2v) is 6.87. The quantitative estimate of drug-likeness (QED) is 0.709. The summed E-state index contributed by atoms with van der Waals surface area (Å²) in [6.07, 6.45) is 0. The van der Waals surface area contributed by atoms with E-state index in [9.17, 15) is 0 Å². The van der Waals surface area contributed by atoms with Crippen molar-refractivity contribution in [3.8, 4) is 0 Å². The van der Waals surface area contributed by atoms with Crippen LogP contribution < -0.4 is 5.73 Å². The summed E-state index contributed by atoms with van der Waals surface area (Å²) >= 11 is 1.46. The van der Waals surface area contributed by atoms with Crippen LogP contribution in [0.1, 0.15) is 26.6 Å². The second kappa shape index (κ2) is 5.04. The summed E-state index contributed by atoms with van der Waals surface area (Å²) in [6, 6.07) is 9.70. The van der Waals surface area contributed by atoms with Crippen LogP contribution >= 0.6 is 11.8 Å². The van der Waals surface area contributed by atoms with Gasteiger partial charge in [0.2, 0.25) is 0 Å². The lowest BCUT2D eigenvalue weighted by Crippen LogP contribution is -2.17. The van der Waals surface area contributed by atoms with Gasteiger partial charge in [0.05, 0.1) is 11.0 Å². The maximum absolute atomic E-state index is 5.89. The molecule has 2 heterocycles. The summed E-state index contributed by atoms with van der Waals surface area (Å²) in [5, 5.41) is 1.60. The van der Waals surface area contributed by atoms with Gasteiger partial charge in [0.15, 0.2) is 5.16 Å². The van der Waals surface area contributed by atoms with E-state index in [0.717, 1.165) is 27.0 Å². The molecule has 3 N–H and O–H groups in total. The second-order valence-electron chi connectivity index (χ2n) is 5.87. The van der Waals surface area contributed by atoms with Crippen molar-refractivity contribution in [2.45, 2.75) is 36.4 Å². The summed E-state index contributed by atoms with van der Waals surface area (Å²) in [7, 11) is 0. The topological polar surface area (TPSA) is 80.5 Å².